The summed E-state index contributed by atoms with van der Waals surface area (Å²) in [6.45, 7) is 9.30. The minimum Gasteiger partial charge on any atom is -0.494 e. The van der Waals surface area contributed by atoms with E-state index in [0.717, 1.165) is 18.8 Å². The third-order valence-electron chi connectivity index (χ3n) is 2.39. The van der Waals surface area contributed by atoms with E-state index in [4.69, 9.17) is 4.74 Å². The Hall–Kier alpha value is -1.02. The number of hydrogen-bond acceptors (Lipinski definition) is 2. The third-order valence-corrected chi connectivity index (χ3v) is 2.39. The van der Waals surface area contributed by atoms with Gasteiger partial charge in [0.15, 0.2) is 0 Å². The van der Waals surface area contributed by atoms with E-state index in [0.29, 0.717) is 12.1 Å². The molecular weight excluding hydrogens is 198 g/mol. The van der Waals surface area contributed by atoms with Gasteiger partial charge in [0, 0.05) is 12.1 Å². The molecule has 0 bridgehead atoms. The van der Waals surface area contributed by atoms with Crippen LogP contribution in [0, 0.1) is 0 Å². The minimum absolute atomic E-state index is 0.512. The Morgan fingerprint density at radius 3 is 2.25 bits per heavy atom. The van der Waals surface area contributed by atoms with Crippen LogP contribution in [0.1, 0.15) is 33.3 Å². The van der Waals surface area contributed by atoms with Crippen LogP contribution in [0.3, 0.4) is 0 Å². The van der Waals surface area contributed by atoms with Gasteiger partial charge in [-0.3, -0.25) is 0 Å². The highest BCUT2D eigenvalue weighted by molar-refractivity contribution is 5.27. The average molecular weight is 221 g/mol. The van der Waals surface area contributed by atoms with Crippen molar-refractivity contribution in [3.63, 3.8) is 0 Å². The molecule has 1 atom stereocenters. The van der Waals surface area contributed by atoms with Crippen molar-refractivity contribution in [1.82, 2.24) is 5.32 Å². The van der Waals surface area contributed by atoms with Crippen LogP contribution in [0.25, 0.3) is 0 Å². The van der Waals surface area contributed by atoms with Gasteiger partial charge in [0.1, 0.15) is 5.75 Å². The normalized spacial score (nSPS) is 12.8. The van der Waals surface area contributed by atoms with Crippen LogP contribution in [0.15, 0.2) is 24.3 Å². The van der Waals surface area contributed by atoms with Crippen LogP contribution >= 0.6 is 0 Å². The van der Waals surface area contributed by atoms with Gasteiger partial charge in [0.05, 0.1) is 6.61 Å². The van der Waals surface area contributed by atoms with Crippen LogP contribution in [-0.4, -0.2) is 18.7 Å². The van der Waals surface area contributed by atoms with Gasteiger partial charge in [-0.05, 0) is 38.0 Å². The van der Waals surface area contributed by atoms with Crippen molar-refractivity contribution < 1.29 is 4.74 Å². The fourth-order valence-electron chi connectivity index (χ4n) is 1.87. The Kier molecular flexibility index (Phi) is 5.33. The Balaban J connectivity index is 2.48. The van der Waals surface area contributed by atoms with Crippen LogP contribution in [0.4, 0.5) is 0 Å². The van der Waals surface area contributed by atoms with E-state index in [-0.39, 0.29) is 0 Å². The summed E-state index contributed by atoms with van der Waals surface area (Å²) in [4.78, 5) is 0. The zero-order chi connectivity index (χ0) is 12.0. The molecule has 0 saturated carbocycles. The summed E-state index contributed by atoms with van der Waals surface area (Å²) in [5, 5.41) is 3.50. The molecule has 16 heavy (non-hydrogen) atoms. The minimum atomic E-state index is 0.512. The molecule has 2 heteroatoms. The molecule has 1 unspecified atom stereocenters. The largest absolute Gasteiger partial charge is 0.494 e. The van der Waals surface area contributed by atoms with Crippen LogP contribution in [0.2, 0.25) is 0 Å². The summed E-state index contributed by atoms with van der Waals surface area (Å²) >= 11 is 0. The lowest BCUT2D eigenvalue weighted by molar-refractivity contribution is 0.340. The molecule has 2 nitrogen and oxygen atoms in total. The van der Waals surface area contributed by atoms with Crippen molar-refractivity contribution in [1.29, 1.82) is 0 Å². The van der Waals surface area contributed by atoms with Gasteiger partial charge in [0.2, 0.25) is 0 Å². The monoisotopic (exact) mass is 221 g/mol. The molecule has 0 saturated heterocycles. The Bertz CT molecular complexity index is 292. The molecule has 0 fully saturated rings. The van der Waals surface area contributed by atoms with E-state index in [2.05, 4.69) is 38.2 Å². The number of nitrogens with one attached hydrogen (secondary N) is 1. The van der Waals surface area contributed by atoms with Gasteiger partial charge in [-0.1, -0.05) is 26.0 Å². The first-order valence-electron chi connectivity index (χ1n) is 6.09. The molecule has 1 N–H and O–H groups in total. The first kappa shape index (κ1) is 13.0. The quantitative estimate of drug-likeness (QED) is 0.797. The fourth-order valence-corrected chi connectivity index (χ4v) is 1.87. The van der Waals surface area contributed by atoms with Gasteiger partial charge in [-0.2, -0.15) is 0 Å². The lowest BCUT2D eigenvalue weighted by Crippen LogP contribution is -2.33. The highest BCUT2D eigenvalue weighted by atomic mass is 16.5. The summed E-state index contributed by atoms with van der Waals surface area (Å²) in [7, 11) is 0. The van der Waals surface area contributed by atoms with E-state index in [1.165, 1.54) is 5.56 Å². The molecule has 0 spiro atoms. The van der Waals surface area contributed by atoms with Crippen molar-refractivity contribution in [2.75, 3.05) is 6.61 Å². The standard InChI is InChI=1S/C14H23NO/c1-5-16-14-8-6-13(7-9-14)10-12(4)15-11(2)3/h6-9,11-12,15H,5,10H2,1-4H3. The molecule has 0 aliphatic carbocycles. The summed E-state index contributed by atoms with van der Waals surface area (Å²) in [5.74, 6) is 0.954. The molecule has 0 aromatic heterocycles. The van der Waals surface area contributed by atoms with Gasteiger partial charge < -0.3 is 10.1 Å². The summed E-state index contributed by atoms with van der Waals surface area (Å²) in [6, 6.07) is 9.42. The van der Waals surface area contributed by atoms with Crippen molar-refractivity contribution in [2.24, 2.45) is 0 Å². The van der Waals surface area contributed by atoms with Crippen molar-refractivity contribution >= 4 is 0 Å². The molecular formula is C14H23NO. The lowest BCUT2D eigenvalue weighted by Gasteiger charge is -2.16. The Morgan fingerprint density at radius 2 is 1.75 bits per heavy atom. The number of ether oxygens (including phenoxy) is 1. The maximum absolute atomic E-state index is 5.41. The molecule has 90 valence electrons. The van der Waals surface area contributed by atoms with Crippen LogP contribution < -0.4 is 10.1 Å². The molecule has 0 aliphatic heterocycles. The summed E-state index contributed by atoms with van der Waals surface area (Å²) in [5.41, 5.74) is 1.35. The Labute approximate surface area is 99.0 Å². The molecule has 1 aromatic carbocycles. The highest BCUT2D eigenvalue weighted by Gasteiger charge is 2.04. The average Bonchev–Trinajstić information content (AvgIpc) is 2.20. The second-order valence-electron chi connectivity index (χ2n) is 4.50. The first-order chi connectivity index (χ1) is 7.61. The summed E-state index contributed by atoms with van der Waals surface area (Å²) < 4.78 is 5.41. The van der Waals surface area contributed by atoms with Gasteiger partial charge >= 0.3 is 0 Å². The zero-order valence-electron chi connectivity index (χ0n) is 10.8. The van der Waals surface area contributed by atoms with Crippen LogP contribution in [-0.2, 0) is 6.42 Å². The van der Waals surface area contributed by atoms with Crippen LogP contribution in [0.5, 0.6) is 5.75 Å². The zero-order valence-corrected chi connectivity index (χ0v) is 10.8. The molecule has 0 radical (unpaired) electrons. The second-order valence-corrected chi connectivity index (χ2v) is 4.50. The van der Waals surface area contributed by atoms with Gasteiger partial charge in [0.25, 0.3) is 0 Å². The topological polar surface area (TPSA) is 21.3 Å². The molecule has 0 amide bonds. The SMILES string of the molecule is CCOc1ccc(CC(C)NC(C)C)cc1. The predicted octanol–water partition coefficient (Wildman–Crippen LogP) is 3.01. The lowest BCUT2D eigenvalue weighted by atomic mass is 10.1. The van der Waals surface area contributed by atoms with E-state index in [1.807, 2.05) is 19.1 Å². The smallest absolute Gasteiger partial charge is 0.119 e. The molecule has 1 rings (SSSR count). The first-order valence-corrected chi connectivity index (χ1v) is 6.09. The number of hydrogen-bond donors (Lipinski definition) is 1. The van der Waals surface area contributed by atoms with Gasteiger partial charge in [-0.15, -0.1) is 0 Å². The molecule has 0 heterocycles. The van der Waals surface area contributed by atoms with Crippen molar-refractivity contribution in [3.8, 4) is 5.75 Å². The van der Waals surface area contributed by atoms with E-state index in [1.54, 1.807) is 0 Å². The van der Waals surface area contributed by atoms with Crippen molar-refractivity contribution in [2.45, 2.75) is 46.2 Å². The molecule has 1 aromatic rings. The fraction of sp³-hybridized carbons (Fsp3) is 0.571. The van der Waals surface area contributed by atoms with E-state index < -0.39 is 0 Å². The predicted molar refractivity (Wildman–Crippen MR) is 69.0 cm³/mol. The maximum atomic E-state index is 5.41. The maximum Gasteiger partial charge on any atom is 0.119 e. The molecule has 0 aliphatic rings. The van der Waals surface area contributed by atoms with Crippen molar-refractivity contribution in [3.05, 3.63) is 29.8 Å². The third kappa shape index (κ3) is 4.67. The van der Waals surface area contributed by atoms with E-state index in [9.17, 15) is 0 Å². The number of benzene rings is 1. The van der Waals surface area contributed by atoms with Gasteiger partial charge in [-0.25, -0.2) is 0 Å². The second kappa shape index (κ2) is 6.54. The Morgan fingerprint density at radius 1 is 1.12 bits per heavy atom. The highest BCUT2D eigenvalue weighted by Crippen LogP contribution is 2.13. The summed E-state index contributed by atoms with van der Waals surface area (Å²) in [6.07, 6.45) is 1.06. The number of rotatable bonds is 6. The van der Waals surface area contributed by atoms with E-state index >= 15 is 0 Å².